The summed E-state index contributed by atoms with van der Waals surface area (Å²) in [5.74, 6) is -0.585. The van der Waals surface area contributed by atoms with Crippen LogP contribution in [0.2, 0.25) is 0 Å². The van der Waals surface area contributed by atoms with Crippen molar-refractivity contribution in [2.45, 2.75) is 39.3 Å². The van der Waals surface area contributed by atoms with E-state index in [1.54, 1.807) is 11.9 Å². The lowest BCUT2D eigenvalue weighted by atomic mass is 10.1. The van der Waals surface area contributed by atoms with Crippen molar-refractivity contribution in [1.82, 2.24) is 10.2 Å². The monoisotopic (exact) mass is 260 g/mol. The third-order valence-corrected chi connectivity index (χ3v) is 3.11. The first kappa shape index (κ1) is 16.7. The van der Waals surface area contributed by atoms with E-state index in [-0.39, 0.29) is 25.0 Å². The SMILES string of the molecule is COC(CNC(=O)N(C)C(C)C(C)C)CC(=O)O. The van der Waals surface area contributed by atoms with Crippen molar-refractivity contribution >= 4 is 12.0 Å². The second kappa shape index (κ2) is 7.92. The second-order valence-electron chi connectivity index (χ2n) is 4.74. The Balaban J connectivity index is 4.19. The van der Waals surface area contributed by atoms with Gasteiger partial charge in [-0.25, -0.2) is 4.79 Å². The van der Waals surface area contributed by atoms with Crippen LogP contribution in [0.15, 0.2) is 0 Å². The Kier molecular flexibility index (Phi) is 7.35. The summed E-state index contributed by atoms with van der Waals surface area (Å²) in [4.78, 5) is 24.0. The maximum atomic E-state index is 11.8. The van der Waals surface area contributed by atoms with Crippen LogP contribution in [0.25, 0.3) is 0 Å². The molecule has 0 aromatic carbocycles. The number of nitrogens with one attached hydrogen (secondary N) is 1. The van der Waals surface area contributed by atoms with Crippen molar-refractivity contribution < 1.29 is 19.4 Å². The van der Waals surface area contributed by atoms with Crippen molar-refractivity contribution in [3.8, 4) is 0 Å². The zero-order valence-corrected chi connectivity index (χ0v) is 11.8. The summed E-state index contributed by atoms with van der Waals surface area (Å²) in [5.41, 5.74) is 0. The van der Waals surface area contributed by atoms with E-state index in [1.165, 1.54) is 7.11 Å². The Hall–Kier alpha value is -1.30. The van der Waals surface area contributed by atoms with E-state index in [2.05, 4.69) is 5.32 Å². The molecule has 2 N–H and O–H groups in total. The minimum Gasteiger partial charge on any atom is -0.481 e. The molecule has 2 atom stereocenters. The lowest BCUT2D eigenvalue weighted by Crippen LogP contribution is -2.46. The third-order valence-electron chi connectivity index (χ3n) is 3.11. The largest absolute Gasteiger partial charge is 0.481 e. The summed E-state index contributed by atoms with van der Waals surface area (Å²) < 4.78 is 4.99. The number of aliphatic carboxylic acids is 1. The average Bonchev–Trinajstić information content (AvgIpc) is 2.31. The topological polar surface area (TPSA) is 78.9 Å². The Morgan fingerprint density at radius 1 is 1.33 bits per heavy atom. The normalized spacial score (nSPS) is 14.1. The van der Waals surface area contributed by atoms with Gasteiger partial charge in [0.25, 0.3) is 0 Å². The highest BCUT2D eigenvalue weighted by molar-refractivity contribution is 5.74. The summed E-state index contributed by atoms with van der Waals surface area (Å²) in [6, 6.07) is -0.103. The zero-order chi connectivity index (χ0) is 14.3. The van der Waals surface area contributed by atoms with E-state index in [4.69, 9.17) is 9.84 Å². The number of ether oxygens (including phenoxy) is 1. The maximum Gasteiger partial charge on any atom is 0.317 e. The fourth-order valence-corrected chi connectivity index (χ4v) is 1.39. The summed E-state index contributed by atoms with van der Waals surface area (Å²) in [7, 11) is 3.15. The van der Waals surface area contributed by atoms with E-state index < -0.39 is 12.1 Å². The predicted molar refractivity (Wildman–Crippen MR) is 68.5 cm³/mol. The van der Waals surface area contributed by atoms with Crippen molar-refractivity contribution in [2.24, 2.45) is 5.92 Å². The van der Waals surface area contributed by atoms with Gasteiger partial charge in [-0.15, -0.1) is 0 Å². The standard InChI is InChI=1S/C12H24N2O4/c1-8(2)9(3)14(4)12(17)13-7-10(18-5)6-11(15)16/h8-10H,6-7H2,1-5H3,(H,13,17)(H,15,16). The van der Waals surface area contributed by atoms with Crippen LogP contribution in [0.5, 0.6) is 0 Å². The summed E-state index contributed by atoms with van der Waals surface area (Å²) in [6.07, 6.45) is -0.630. The second-order valence-corrected chi connectivity index (χ2v) is 4.74. The number of carbonyl (C=O) groups is 2. The molecule has 0 bridgehead atoms. The number of urea groups is 1. The van der Waals surface area contributed by atoms with Crippen LogP contribution < -0.4 is 5.32 Å². The average molecular weight is 260 g/mol. The molecule has 0 rings (SSSR count). The van der Waals surface area contributed by atoms with Gasteiger partial charge in [0.2, 0.25) is 0 Å². The first-order valence-corrected chi connectivity index (χ1v) is 6.04. The molecule has 18 heavy (non-hydrogen) atoms. The van der Waals surface area contributed by atoms with Crippen LogP contribution in [0.3, 0.4) is 0 Å². The van der Waals surface area contributed by atoms with Gasteiger partial charge in [-0.1, -0.05) is 13.8 Å². The highest BCUT2D eigenvalue weighted by Crippen LogP contribution is 2.08. The Morgan fingerprint density at radius 2 is 1.89 bits per heavy atom. The number of carboxylic acid groups (broad SMARTS) is 1. The molecule has 0 spiro atoms. The van der Waals surface area contributed by atoms with E-state index in [0.29, 0.717) is 5.92 Å². The molecule has 0 aliphatic rings. The first-order chi connectivity index (χ1) is 8.29. The molecular formula is C12H24N2O4. The predicted octanol–water partition coefficient (Wildman–Crippen LogP) is 1.16. The molecule has 0 fully saturated rings. The maximum absolute atomic E-state index is 11.8. The minimum atomic E-state index is -0.944. The molecule has 2 unspecified atom stereocenters. The van der Waals surface area contributed by atoms with Crippen LogP contribution in [-0.2, 0) is 9.53 Å². The van der Waals surface area contributed by atoms with Gasteiger partial charge >= 0.3 is 12.0 Å². The number of carboxylic acids is 1. The van der Waals surface area contributed by atoms with Gasteiger partial charge in [0.15, 0.2) is 0 Å². The van der Waals surface area contributed by atoms with Gasteiger partial charge in [-0.3, -0.25) is 4.79 Å². The number of hydrogen-bond donors (Lipinski definition) is 2. The number of nitrogens with zero attached hydrogens (tertiary/aromatic N) is 1. The molecule has 2 amide bonds. The number of rotatable bonds is 7. The molecule has 6 heteroatoms. The molecular weight excluding hydrogens is 236 g/mol. The van der Waals surface area contributed by atoms with E-state index in [9.17, 15) is 9.59 Å². The van der Waals surface area contributed by atoms with Gasteiger partial charge in [0.1, 0.15) is 0 Å². The molecule has 0 aromatic heterocycles. The van der Waals surface area contributed by atoms with E-state index >= 15 is 0 Å². The van der Waals surface area contributed by atoms with Crippen molar-refractivity contribution in [2.75, 3.05) is 20.7 Å². The van der Waals surface area contributed by atoms with Crippen LogP contribution >= 0.6 is 0 Å². The highest BCUT2D eigenvalue weighted by Gasteiger charge is 2.20. The molecule has 0 radical (unpaired) electrons. The van der Waals surface area contributed by atoms with Crippen molar-refractivity contribution in [3.05, 3.63) is 0 Å². The van der Waals surface area contributed by atoms with Gasteiger partial charge in [0, 0.05) is 26.7 Å². The number of methoxy groups -OCH3 is 1. The van der Waals surface area contributed by atoms with Crippen molar-refractivity contribution in [1.29, 1.82) is 0 Å². The van der Waals surface area contributed by atoms with Gasteiger partial charge in [0.05, 0.1) is 12.5 Å². The lowest BCUT2D eigenvalue weighted by Gasteiger charge is -2.28. The van der Waals surface area contributed by atoms with E-state index in [0.717, 1.165) is 0 Å². The highest BCUT2D eigenvalue weighted by atomic mass is 16.5. The van der Waals surface area contributed by atoms with Crippen LogP contribution in [-0.4, -0.2) is 54.9 Å². The van der Waals surface area contributed by atoms with E-state index in [1.807, 2.05) is 20.8 Å². The summed E-state index contributed by atoms with van der Waals surface area (Å²) >= 11 is 0. The van der Waals surface area contributed by atoms with Crippen LogP contribution in [0, 0.1) is 5.92 Å². The summed E-state index contributed by atoms with van der Waals surface area (Å²) in [6.45, 7) is 6.24. The number of hydrogen-bond acceptors (Lipinski definition) is 3. The van der Waals surface area contributed by atoms with Gasteiger partial charge < -0.3 is 20.1 Å². The van der Waals surface area contributed by atoms with Gasteiger partial charge in [-0.05, 0) is 12.8 Å². The molecule has 0 aliphatic heterocycles. The Labute approximate surface area is 108 Å². The van der Waals surface area contributed by atoms with Gasteiger partial charge in [-0.2, -0.15) is 0 Å². The molecule has 0 saturated carbocycles. The van der Waals surface area contributed by atoms with Crippen LogP contribution in [0.1, 0.15) is 27.2 Å². The smallest absolute Gasteiger partial charge is 0.317 e. The molecule has 0 heterocycles. The zero-order valence-electron chi connectivity index (χ0n) is 11.8. The van der Waals surface area contributed by atoms with Crippen molar-refractivity contribution in [3.63, 3.8) is 0 Å². The first-order valence-electron chi connectivity index (χ1n) is 6.04. The quantitative estimate of drug-likeness (QED) is 0.720. The molecule has 0 saturated heterocycles. The molecule has 6 nitrogen and oxygen atoms in total. The molecule has 106 valence electrons. The third kappa shape index (κ3) is 5.86. The Morgan fingerprint density at radius 3 is 2.28 bits per heavy atom. The Bertz CT molecular complexity index is 281. The lowest BCUT2D eigenvalue weighted by molar-refractivity contribution is -0.139. The fourth-order valence-electron chi connectivity index (χ4n) is 1.39. The number of amides is 2. The van der Waals surface area contributed by atoms with Crippen LogP contribution in [0.4, 0.5) is 4.79 Å². The molecule has 0 aromatic rings. The minimum absolute atomic E-state index is 0.116. The molecule has 0 aliphatic carbocycles. The summed E-state index contributed by atoms with van der Waals surface area (Å²) in [5, 5.41) is 11.3. The number of carbonyl (C=O) groups excluding carboxylic acids is 1. The fraction of sp³-hybridized carbons (Fsp3) is 0.833.